The van der Waals surface area contributed by atoms with Crippen molar-refractivity contribution in [3.63, 3.8) is 0 Å². The average molecular weight is 641 g/mol. The molecule has 0 spiro atoms. The number of nitrogens with two attached hydrogens (primary N) is 1. The first-order valence-corrected chi connectivity index (χ1v) is 17.5. The third-order valence-corrected chi connectivity index (χ3v) is 10.4. The first kappa shape index (κ1) is 34.8. The number of nitrogens with one attached hydrogen (secondary N) is 1. The second-order valence-electron chi connectivity index (χ2n) is 11.7. The molecule has 3 unspecified atom stereocenters. The molecule has 11 nitrogen and oxygen atoms in total. The van der Waals surface area contributed by atoms with E-state index in [9.17, 15) is 21.6 Å². The van der Waals surface area contributed by atoms with Gasteiger partial charge in [0, 0.05) is 19.0 Å². The molecule has 0 aliphatic heterocycles. The number of methoxy groups -OCH3 is 1. The van der Waals surface area contributed by atoms with E-state index in [0.29, 0.717) is 44.8 Å². The zero-order chi connectivity index (χ0) is 32.1. The summed E-state index contributed by atoms with van der Waals surface area (Å²) in [5, 5.41) is 8.63. The number of ketones is 1. The summed E-state index contributed by atoms with van der Waals surface area (Å²) in [7, 11) is -6.50. The van der Waals surface area contributed by atoms with E-state index in [4.69, 9.17) is 23.9 Å². The summed E-state index contributed by atoms with van der Waals surface area (Å²) in [6.07, 6.45) is 2.61. The molecule has 240 valence electrons. The quantitative estimate of drug-likeness (QED) is 0.217. The van der Waals surface area contributed by atoms with Gasteiger partial charge in [-0.05, 0) is 74.3 Å². The molecular formula is C30H44N2O9S2. The summed E-state index contributed by atoms with van der Waals surface area (Å²) in [6, 6.07) is 12.7. The first-order valence-electron chi connectivity index (χ1n) is 14.3. The summed E-state index contributed by atoms with van der Waals surface area (Å²) in [5.41, 5.74) is -0.266. The minimum atomic E-state index is -4.08. The fourth-order valence-electron chi connectivity index (χ4n) is 6.23. The maximum Gasteiger partial charge on any atom is 0.265 e. The SMILES string of the molecule is CC1(C)C2CCC1(CS(=O)(=O)O)C(=O)C2.CCOc1ccccc1OCCNC(C)Cc1ccc(OC)c(S(N)(=O)=O)c1. The van der Waals surface area contributed by atoms with Crippen molar-refractivity contribution in [2.45, 2.75) is 64.3 Å². The molecule has 2 saturated carbocycles. The van der Waals surface area contributed by atoms with Gasteiger partial charge >= 0.3 is 0 Å². The molecule has 4 rings (SSSR count). The van der Waals surface area contributed by atoms with E-state index >= 15 is 0 Å². The predicted molar refractivity (Wildman–Crippen MR) is 164 cm³/mol. The average Bonchev–Trinajstić information content (AvgIpc) is 3.25. The first-order chi connectivity index (χ1) is 20.0. The highest BCUT2D eigenvalue weighted by Gasteiger charge is 2.65. The normalized spacial score (nSPS) is 21.6. The summed E-state index contributed by atoms with van der Waals surface area (Å²) in [5.74, 6) is 1.59. The number of carbonyl (C=O) groups excluding carboxylic acids is 1. The number of benzene rings is 2. The van der Waals surface area contributed by atoms with E-state index in [1.54, 1.807) is 12.1 Å². The maximum absolute atomic E-state index is 11.9. The van der Waals surface area contributed by atoms with E-state index in [1.165, 1.54) is 7.11 Å². The van der Waals surface area contributed by atoms with Gasteiger partial charge in [-0.2, -0.15) is 8.42 Å². The summed E-state index contributed by atoms with van der Waals surface area (Å²) < 4.78 is 70.8. The lowest BCUT2D eigenvalue weighted by atomic mass is 9.70. The molecule has 2 aliphatic carbocycles. The number of hydrogen-bond donors (Lipinski definition) is 3. The monoisotopic (exact) mass is 640 g/mol. The topological polar surface area (TPSA) is 171 Å². The second-order valence-corrected chi connectivity index (χ2v) is 14.7. The van der Waals surface area contributed by atoms with Crippen LogP contribution in [0.2, 0.25) is 0 Å². The summed E-state index contributed by atoms with van der Waals surface area (Å²) >= 11 is 0. The van der Waals surface area contributed by atoms with E-state index in [1.807, 2.05) is 58.0 Å². The zero-order valence-electron chi connectivity index (χ0n) is 25.5. The highest BCUT2D eigenvalue weighted by molar-refractivity contribution is 7.89. The fraction of sp³-hybridized carbons (Fsp3) is 0.567. The van der Waals surface area contributed by atoms with E-state index < -0.39 is 31.3 Å². The number of para-hydroxylation sites is 2. The van der Waals surface area contributed by atoms with Crippen molar-refractivity contribution in [2.24, 2.45) is 21.9 Å². The molecule has 2 fully saturated rings. The van der Waals surface area contributed by atoms with Crippen LogP contribution in [0.1, 0.15) is 52.5 Å². The van der Waals surface area contributed by atoms with Crippen LogP contribution in [0.3, 0.4) is 0 Å². The van der Waals surface area contributed by atoms with Crippen LogP contribution in [0.25, 0.3) is 0 Å². The van der Waals surface area contributed by atoms with Crippen molar-refractivity contribution < 1.29 is 40.4 Å². The van der Waals surface area contributed by atoms with E-state index in [0.717, 1.165) is 17.7 Å². The smallest absolute Gasteiger partial charge is 0.265 e. The number of ether oxygens (including phenoxy) is 3. The van der Waals surface area contributed by atoms with Crippen LogP contribution in [-0.4, -0.2) is 65.8 Å². The lowest BCUT2D eigenvalue weighted by Gasteiger charge is -2.35. The van der Waals surface area contributed by atoms with Gasteiger partial charge in [-0.15, -0.1) is 0 Å². The van der Waals surface area contributed by atoms with Gasteiger partial charge in [-0.3, -0.25) is 9.35 Å². The number of hydrogen-bond acceptors (Lipinski definition) is 9. The molecule has 2 bridgehead atoms. The Labute approximate surface area is 255 Å². The molecule has 0 amide bonds. The Morgan fingerprint density at radius 1 is 1.07 bits per heavy atom. The largest absolute Gasteiger partial charge is 0.495 e. The van der Waals surface area contributed by atoms with E-state index in [2.05, 4.69) is 5.32 Å². The van der Waals surface area contributed by atoms with Gasteiger partial charge in [0.05, 0.1) is 24.9 Å². The number of rotatable bonds is 13. The lowest BCUT2D eigenvalue weighted by Crippen LogP contribution is -2.42. The summed E-state index contributed by atoms with van der Waals surface area (Å²) in [4.78, 5) is 11.9. The number of sulfonamides is 1. The molecule has 2 aromatic carbocycles. The highest BCUT2D eigenvalue weighted by atomic mass is 32.2. The van der Waals surface area contributed by atoms with Gasteiger partial charge in [0.2, 0.25) is 10.0 Å². The van der Waals surface area contributed by atoms with Crippen molar-refractivity contribution in [2.75, 3.05) is 32.6 Å². The fourth-order valence-corrected chi connectivity index (χ4v) is 8.27. The zero-order valence-corrected chi connectivity index (χ0v) is 27.1. The Morgan fingerprint density at radius 2 is 1.72 bits per heavy atom. The third-order valence-electron chi connectivity index (χ3n) is 8.65. The van der Waals surface area contributed by atoms with Gasteiger partial charge in [0.25, 0.3) is 10.1 Å². The molecular weight excluding hydrogens is 596 g/mol. The molecule has 43 heavy (non-hydrogen) atoms. The van der Waals surface area contributed by atoms with Crippen LogP contribution in [0.5, 0.6) is 17.2 Å². The van der Waals surface area contributed by atoms with Crippen LogP contribution < -0.4 is 24.7 Å². The highest BCUT2D eigenvalue weighted by Crippen LogP contribution is 2.64. The van der Waals surface area contributed by atoms with Gasteiger partial charge in [-0.1, -0.05) is 32.0 Å². The second kappa shape index (κ2) is 13.9. The van der Waals surface area contributed by atoms with Gasteiger partial charge in [0.1, 0.15) is 23.0 Å². The molecule has 0 saturated heterocycles. The van der Waals surface area contributed by atoms with Crippen LogP contribution in [0.4, 0.5) is 0 Å². The van der Waals surface area contributed by atoms with Crippen LogP contribution >= 0.6 is 0 Å². The number of fused-ring (bicyclic) bond motifs is 2. The standard InChI is InChI=1S/C20H28N2O5S.C10H16O4S/c1-4-26-17-7-5-6-8-18(17)27-12-11-22-15(2)13-16-9-10-19(25-3)20(14-16)28(21,23)24;1-9(2)7-3-4-10(9,8(11)5-7)6-15(12,13)14/h5-10,14-15,22H,4,11-13H2,1-3H3,(H2,21,23,24);7H,3-6H2,1-2H3,(H,12,13,14). The van der Waals surface area contributed by atoms with Gasteiger partial charge in [-0.25, -0.2) is 13.6 Å². The van der Waals surface area contributed by atoms with Crippen molar-refractivity contribution in [3.8, 4) is 17.2 Å². The molecule has 0 aromatic heterocycles. The minimum absolute atomic E-state index is 0.00411. The van der Waals surface area contributed by atoms with Crippen molar-refractivity contribution in [1.29, 1.82) is 0 Å². The Kier molecular flexibility index (Phi) is 11.3. The molecule has 2 aliphatic rings. The number of Topliss-reactive ketones (excluding diaryl/α,β-unsaturated/α-hetero) is 1. The Balaban J connectivity index is 0.000000282. The van der Waals surface area contributed by atoms with Gasteiger partial charge < -0.3 is 19.5 Å². The van der Waals surface area contributed by atoms with Crippen LogP contribution in [0.15, 0.2) is 47.4 Å². The van der Waals surface area contributed by atoms with Crippen LogP contribution in [0, 0.1) is 16.7 Å². The Hall–Kier alpha value is -2.71. The molecule has 4 N–H and O–H groups in total. The molecule has 3 atom stereocenters. The Bertz CT molecular complexity index is 1490. The molecule has 2 aromatic rings. The number of carbonyl (C=O) groups is 1. The molecule has 13 heteroatoms. The Morgan fingerprint density at radius 3 is 2.23 bits per heavy atom. The molecule has 0 radical (unpaired) electrons. The van der Waals surface area contributed by atoms with Crippen LogP contribution in [-0.2, 0) is 31.4 Å². The van der Waals surface area contributed by atoms with Crippen molar-refractivity contribution in [3.05, 3.63) is 48.0 Å². The van der Waals surface area contributed by atoms with Gasteiger partial charge in [0.15, 0.2) is 11.5 Å². The minimum Gasteiger partial charge on any atom is -0.495 e. The van der Waals surface area contributed by atoms with E-state index in [-0.39, 0.29) is 33.8 Å². The predicted octanol–water partition coefficient (Wildman–Crippen LogP) is 3.61. The van der Waals surface area contributed by atoms with Crippen molar-refractivity contribution in [1.82, 2.24) is 5.32 Å². The number of primary sulfonamides is 1. The summed E-state index contributed by atoms with van der Waals surface area (Å²) in [6.45, 7) is 9.55. The molecule has 0 heterocycles. The van der Waals surface area contributed by atoms with Crippen molar-refractivity contribution >= 4 is 25.9 Å². The lowest BCUT2D eigenvalue weighted by molar-refractivity contribution is -0.128. The maximum atomic E-state index is 11.9. The third kappa shape index (κ3) is 8.48.